The summed E-state index contributed by atoms with van der Waals surface area (Å²) in [6.45, 7) is 2.05. The molecule has 0 atom stereocenters. The number of ether oxygens (including phenoxy) is 1. The van der Waals surface area contributed by atoms with Crippen LogP contribution in [0.1, 0.15) is 22.8 Å². The van der Waals surface area contributed by atoms with Crippen LogP contribution in [-0.4, -0.2) is 40.0 Å². The van der Waals surface area contributed by atoms with E-state index < -0.39 is 22.6 Å². The second-order valence-corrected chi connectivity index (χ2v) is 7.80. The Morgan fingerprint density at radius 3 is 2.70 bits per heavy atom. The monoisotopic (exact) mass is 388 g/mol. The number of hydrogen-bond donors (Lipinski definition) is 1. The number of esters is 1. The number of sulfonamides is 1. The van der Waals surface area contributed by atoms with Crippen molar-refractivity contribution in [2.45, 2.75) is 18.2 Å². The molecule has 0 radical (unpaired) electrons. The van der Waals surface area contributed by atoms with Gasteiger partial charge in [0.25, 0.3) is 5.91 Å². The third-order valence-electron chi connectivity index (χ3n) is 4.23. The van der Waals surface area contributed by atoms with Crippen LogP contribution in [0.3, 0.4) is 0 Å². The molecule has 2 aromatic rings. The molecule has 1 aliphatic rings. The van der Waals surface area contributed by atoms with Crippen LogP contribution < -0.4 is 9.62 Å². The summed E-state index contributed by atoms with van der Waals surface area (Å²) >= 11 is 0. The van der Waals surface area contributed by atoms with E-state index in [2.05, 4.69) is 4.72 Å². The summed E-state index contributed by atoms with van der Waals surface area (Å²) in [5.74, 6) is -1.06. The largest absolute Gasteiger partial charge is 0.452 e. The Kier molecular flexibility index (Phi) is 5.57. The van der Waals surface area contributed by atoms with Gasteiger partial charge in [-0.1, -0.05) is 31.2 Å². The van der Waals surface area contributed by atoms with Crippen molar-refractivity contribution in [1.29, 1.82) is 0 Å². The first-order valence-electron chi connectivity index (χ1n) is 8.57. The first kappa shape index (κ1) is 19.1. The highest BCUT2D eigenvalue weighted by molar-refractivity contribution is 7.89. The van der Waals surface area contributed by atoms with Crippen molar-refractivity contribution in [3.63, 3.8) is 0 Å². The Morgan fingerprint density at radius 1 is 1.15 bits per heavy atom. The van der Waals surface area contributed by atoms with Gasteiger partial charge in [0.05, 0.1) is 10.5 Å². The van der Waals surface area contributed by atoms with Crippen LogP contribution in [0.25, 0.3) is 0 Å². The lowest BCUT2D eigenvalue weighted by Crippen LogP contribution is -2.33. The SMILES string of the molecule is CCNS(=O)(=O)c1cccc(C(=O)OCC(=O)N2CCc3ccccc32)c1. The maximum atomic E-state index is 12.4. The van der Waals surface area contributed by atoms with Crippen molar-refractivity contribution >= 4 is 27.6 Å². The predicted molar refractivity (Wildman–Crippen MR) is 100 cm³/mol. The predicted octanol–water partition coefficient (Wildman–Crippen LogP) is 1.73. The molecule has 0 aromatic heterocycles. The Bertz CT molecular complexity index is 972. The number of carbonyl (C=O) groups excluding carboxylic acids is 2. The number of rotatable bonds is 6. The van der Waals surface area contributed by atoms with Crippen LogP contribution in [-0.2, 0) is 26.0 Å². The highest BCUT2D eigenvalue weighted by Gasteiger charge is 2.25. The number of para-hydroxylation sites is 1. The van der Waals surface area contributed by atoms with Gasteiger partial charge in [0.2, 0.25) is 10.0 Å². The maximum Gasteiger partial charge on any atom is 0.338 e. The van der Waals surface area contributed by atoms with Crippen molar-refractivity contribution in [3.8, 4) is 0 Å². The van der Waals surface area contributed by atoms with Gasteiger partial charge in [0, 0.05) is 18.8 Å². The molecule has 1 amide bonds. The lowest BCUT2D eigenvalue weighted by atomic mass is 10.2. The van der Waals surface area contributed by atoms with Gasteiger partial charge in [-0.25, -0.2) is 17.9 Å². The molecular formula is C19H20N2O5S. The third kappa shape index (κ3) is 4.17. The van der Waals surface area contributed by atoms with E-state index >= 15 is 0 Å². The van der Waals surface area contributed by atoms with Gasteiger partial charge in [-0.3, -0.25) is 4.79 Å². The number of hydrogen-bond acceptors (Lipinski definition) is 5. The average molecular weight is 388 g/mol. The van der Waals surface area contributed by atoms with Gasteiger partial charge in [-0.2, -0.15) is 0 Å². The summed E-state index contributed by atoms with van der Waals surface area (Å²) in [6.07, 6.45) is 0.764. The minimum absolute atomic E-state index is 0.0291. The molecule has 1 aliphatic heterocycles. The minimum Gasteiger partial charge on any atom is -0.452 e. The van der Waals surface area contributed by atoms with E-state index in [0.717, 1.165) is 17.7 Å². The van der Waals surface area contributed by atoms with Crippen molar-refractivity contribution in [3.05, 3.63) is 59.7 Å². The summed E-state index contributed by atoms with van der Waals surface area (Å²) in [5, 5.41) is 0. The second-order valence-electron chi connectivity index (χ2n) is 6.03. The van der Waals surface area contributed by atoms with Crippen LogP contribution >= 0.6 is 0 Å². The fourth-order valence-corrected chi connectivity index (χ4v) is 4.04. The Hall–Kier alpha value is -2.71. The fourth-order valence-electron chi connectivity index (χ4n) is 2.95. The molecular weight excluding hydrogens is 368 g/mol. The number of nitrogens with zero attached hydrogens (tertiary/aromatic N) is 1. The summed E-state index contributed by atoms with van der Waals surface area (Å²) in [7, 11) is -3.68. The molecule has 0 saturated carbocycles. The number of anilines is 1. The van der Waals surface area contributed by atoms with Crippen LogP contribution in [0, 0.1) is 0 Å². The Morgan fingerprint density at radius 2 is 1.93 bits per heavy atom. The standard InChI is InChI=1S/C19H20N2O5S/c1-2-20-27(24,25)16-8-5-7-15(12-16)19(23)26-13-18(22)21-11-10-14-6-3-4-9-17(14)21/h3-9,12,20H,2,10-11,13H2,1H3. The lowest BCUT2D eigenvalue weighted by Gasteiger charge is -2.17. The van der Waals surface area contributed by atoms with Crippen LogP contribution in [0.2, 0.25) is 0 Å². The summed E-state index contributed by atoms with van der Waals surface area (Å²) < 4.78 is 31.5. The van der Waals surface area contributed by atoms with E-state index in [0.29, 0.717) is 6.54 Å². The quantitative estimate of drug-likeness (QED) is 0.761. The topological polar surface area (TPSA) is 92.8 Å². The zero-order chi connectivity index (χ0) is 19.4. The molecule has 1 N–H and O–H groups in total. The summed E-state index contributed by atoms with van der Waals surface area (Å²) in [6, 6.07) is 13.1. The second kappa shape index (κ2) is 7.89. The third-order valence-corrected chi connectivity index (χ3v) is 5.77. The lowest BCUT2D eigenvalue weighted by molar-refractivity contribution is -0.121. The van der Waals surface area contributed by atoms with Gasteiger partial charge < -0.3 is 9.64 Å². The fraction of sp³-hybridized carbons (Fsp3) is 0.263. The smallest absolute Gasteiger partial charge is 0.338 e. The van der Waals surface area contributed by atoms with Crippen molar-refractivity contribution in [1.82, 2.24) is 4.72 Å². The van der Waals surface area contributed by atoms with Crippen LogP contribution in [0.15, 0.2) is 53.4 Å². The van der Waals surface area contributed by atoms with E-state index in [4.69, 9.17) is 4.74 Å². The molecule has 8 heteroatoms. The van der Waals surface area contributed by atoms with Crippen LogP contribution in [0.5, 0.6) is 0 Å². The van der Waals surface area contributed by atoms with Crippen molar-refractivity contribution < 1.29 is 22.7 Å². The molecule has 0 unspecified atom stereocenters. The Balaban J connectivity index is 1.66. The van der Waals surface area contributed by atoms with Gasteiger partial charge in [-0.05, 0) is 36.2 Å². The van der Waals surface area contributed by atoms with E-state index in [1.54, 1.807) is 11.8 Å². The molecule has 0 aliphatic carbocycles. The van der Waals surface area contributed by atoms with E-state index in [-0.39, 0.29) is 22.9 Å². The maximum absolute atomic E-state index is 12.4. The zero-order valence-corrected chi connectivity index (χ0v) is 15.7. The molecule has 27 heavy (non-hydrogen) atoms. The molecule has 0 saturated heterocycles. The number of fused-ring (bicyclic) bond motifs is 1. The van der Waals surface area contributed by atoms with Gasteiger partial charge >= 0.3 is 5.97 Å². The number of amides is 1. The van der Waals surface area contributed by atoms with Crippen LogP contribution in [0.4, 0.5) is 5.69 Å². The molecule has 3 rings (SSSR count). The minimum atomic E-state index is -3.68. The Labute approximate surface area is 158 Å². The first-order chi connectivity index (χ1) is 12.9. The number of benzene rings is 2. The normalized spacial score (nSPS) is 13.3. The molecule has 2 aromatic carbocycles. The van der Waals surface area contributed by atoms with Crippen molar-refractivity contribution in [2.24, 2.45) is 0 Å². The molecule has 142 valence electrons. The molecule has 7 nitrogen and oxygen atoms in total. The van der Waals surface area contributed by atoms with E-state index in [1.165, 1.54) is 24.3 Å². The summed E-state index contributed by atoms with van der Waals surface area (Å²) in [5.41, 5.74) is 1.99. The van der Waals surface area contributed by atoms with Crippen molar-refractivity contribution in [2.75, 3.05) is 24.6 Å². The average Bonchev–Trinajstić information content (AvgIpc) is 3.10. The summed E-state index contributed by atoms with van der Waals surface area (Å²) in [4.78, 5) is 26.2. The highest BCUT2D eigenvalue weighted by Crippen LogP contribution is 2.27. The first-order valence-corrected chi connectivity index (χ1v) is 10.1. The van der Waals surface area contributed by atoms with E-state index in [1.807, 2.05) is 24.3 Å². The zero-order valence-electron chi connectivity index (χ0n) is 14.8. The number of nitrogens with one attached hydrogen (secondary N) is 1. The highest BCUT2D eigenvalue weighted by atomic mass is 32.2. The van der Waals surface area contributed by atoms with Gasteiger partial charge in [0.15, 0.2) is 6.61 Å². The van der Waals surface area contributed by atoms with Gasteiger partial charge in [0.1, 0.15) is 0 Å². The molecule has 0 fully saturated rings. The molecule has 0 bridgehead atoms. The molecule has 0 spiro atoms. The van der Waals surface area contributed by atoms with Gasteiger partial charge in [-0.15, -0.1) is 0 Å². The number of carbonyl (C=O) groups is 2. The van der Waals surface area contributed by atoms with E-state index in [9.17, 15) is 18.0 Å². The molecule has 1 heterocycles.